The van der Waals surface area contributed by atoms with Gasteiger partial charge in [0.05, 0.1) is 14.1 Å². The van der Waals surface area contributed by atoms with E-state index >= 15 is 0 Å². The maximum absolute atomic E-state index is 6.00. The first kappa shape index (κ1) is 13.7. The van der Waals surface area contributed by atoms with Crippen LogP contribution in [0.15, 0.2) is 48.0 Å². The van der Waals surface area contributed by atoms with Gasteiger partial charge in [-0.25, -0.2) is 4.98 Å². The Kier molecular flexibility index (Phi) is 3.69. The summed E-state index contributed by atoms with van der Waals surface area (Å²) in [4.78, 5) is 10.8. The highest BCUT2D eigenvalue weighted by Crippen LogP contribution is 2.41. The van der Waals surface area contributed by atoms with E-state index in [1.165, 1.54) is 24.4 Å². The van der Waals surface area contributed by atoms with Crippen LogP contribution in [0, 0.1) is 0 Å². The van der Waals surface area contributed by atoms with Crippen molar-refractivity contribution in [3.8, 4) is 29.4 Å². The van der Waals surface area contributed by atoms with Crippen LogP contribution in [-0.2, 0) is 0 Å². The highest BCUT2D eigenvalue weighted by Gasteiger charge is 2.11. The Balaban J connectivity index is 1.67. The Morgan fingerprint density at radius 3 is 2.33 bits per heavy atom. The molecule has 0 unspecified atom stereocenters. The van der Waals surface area contributed by atoms with E-state index < -0.39 is 0 Å². The van der Waals surface area contributed by atoms with Crippen LogP contribution in [0.2, 0.25) is 4.34 Å². The SMILES string of the molecule is Clc1ccc(-c2cnc(-c3ccc(-c4cccs4)s3)s2)s1. The Labute approximate surface area is 143 Å². The zero-order valence-corrected chi connectivity index (χ0v) is 14.6. The van der Waals surface area contributed by atoms with Gasteiger partial charge in [0.1, 0.15) is 5.01 Å². The average molecular weight is 366 g/mol. The summed E-state index contributed by atoms with van der Waals surface area (Å²) in [5, 5.41) is 3.18. The van der Waals surface area contributed by atoms with Crippen molar-refractivity contribution in [2.75, 3.05) is 0 Å². The fourth-order valence-corrected chi connectivity index (χ4v) is 5.89. The van der Waals surface area contributed by atoms with Crippen molar-refractivity contribution in [1.29, 1.82) is 0 Å². The van der Waals surface area contributed by atoms with Gasteiger partial charge in [0.2, 0.25) is 0 Å². The van der Waals surface area contributed by atoms with Crippen LogP contribution in [0.25, 0.3) is 29.4 Å². The number of thiazole rings is 1. The summed E-state index contributed by atoms with van der Waals surface area (Å²) < 4.78 is 0.816. The molecule has 4 rings (SSSR count). The zero-order chi connectivity index (χ0) is 14.2. The lowest BCUT2D eigenvalue weighted by atomic mass is 10.4. The first-order valence-corrected chi connectivity index (χ1v) is 9.86. The van der Waals surface area contributed by atoms with Crippen LogP contribution < -0.4 is 0 Å². The molecular formula is C15H8ClNS4. The summed E-state index contributed by atoms with van der Waals surface area (Å²) >= 11 is 12.9. The topological polar surface area (TPSA) is 12.9 Å². The van der Waals surface area contributed by atoms with E-state index in [-0.39, 0.29) is 0 Å². The molecule has 0 bridgehead atoms. The van der Waals surface area contributed by atoms with Gasteiger partial charge in [0, 0.05) is 20.8 Å². The summed E-state index contributed by atoms with van der Waals surface area (Å²) in [6.45, 7) is 0. The highest BCUT2D eigenvalue weighted by molar-refractivity contribution is 7.28. The van der Waals surface area contributed by atoms with Gasteiger partial charge in [-0.3, -0.25) is 0 Å². The van der Waals surface area contributed by atoms with E-state index in [0.29, 0.717) is 0 Å². The molecule has 0 aliphatic heterocycles. The maximum atomic E-state index is 6.00. The summed E-state index contributed by atoms with van der Waals surface area (Å²) in [5.41, 5.74) is 0. The third kappa shape index (κ3) is 2.72. The van der Waals surface area contributed by atoms with Gasteiger partial charge in [0.15, 0.2) is 0 Å². The molecule has 6 heteroatoms. The summed E-state index contributed by atoms with van der Waals surface area (Å²) in [6.07, 6.45) is 1.94. The molecule has 0 aromatic carbocycles. The first-order chi connectivity index (χ1) is 10.3. The summed E-state index contributed by atoms with van der Waals surface area (Å²) in [5.74, 6) is 0. The largest absolute Gasteiger partial charge is 0.243 e. The predicted octanol–water partition coefficient (Wildman–Crippen LogP) is 6.98. The molecule has 104 valence electrons. The monoisotopic (exact) mass is 365 g/mol. The van der Waals surface area contributed by atoms with Crippen molar-refractivity contribution in [2.45, 2.75) is 0 Å². The maximum Gasteiger partial charge on any atom is 0.133 e. The normalized spacial score (nSPS) is 11.1. The van der Waals surface area contributed by atoms with E-state index in [0.717, 1.165) is 9.34 Å². The van der Waals surface area contributed by atoms with Crippen LogP contribution in [0.3, 0.4) is 0 Å². The van der Waals surface area contributed by atoms with Gasteiger partial charge in [-0.1, -0.05) is 17.7 Å². The molecule has 0 saturated heterocycles. The Morgan fingerprint density at radius 2 is 1.57 bits per heavy atom. The minimum absolute atomic E-state index is 0.816. The number of hydrogen-bond acceptors (Lipinski definition) is 5. The lowest BCUT2D eigenvalue weighted by molar-refractivity contribution is 1.43. The number of nitrogens with zero attached hydrogens (tertiary/aromatic N) is 1. The highest BCUT2D eigenvalue weighted by atomic mass is 35.5. The van der Waals surface area contributed by atoms with Crippen LogP contribution in [0.1, 0.15) is 0 Å². The minimum Gasteiger partial charge on any atom is -0.243 e. The smallest absolute Gasteiger partial charge is 0.133 e. The number of thiophene rings is 3. The molecule has 1 nitrogen and oxygen atoms in total. The van der Waals surface area contributed by atoms with E-state index in [4.69, 9.17) is 11.6 Å². The second-order valence-corrected chi connectivity index (χ2v) is 9.05. The Morgan fingerprint density at radius 1 is 0.762 bits per heavy atom. The van der Waals surface area contributed by atoms with Crippen molar-refractivity contribution < 1.29 is 0 Å². The quantitative estimate of drug-likeness (QED) is 0.381. The third-order valence-electron chi connectivity index (χ3n) is 2.90. The van der Waals surface area contributed by atoms with Crippen LogP contribution >= 0.6 is 56.9 Å². The summed E-state index contributed by atoms with van der Waals surface area (Å²) in [7, 11) is 0. The van der Waals surface area contributed by atoms with Crippen LogP contribution in [0.5, 0.6) is 0 Å². The van der Waals surface area contributed by atoms with E-state index in [1.54, 1.807) is 45.3 Å². The average Bonchev–Trinajstić information content (AvgIpc) is 3.25. The van der Waals surface area contributed by atoms with Gasteiger partial charge in [-0.15, -0.1) is 45.3 Å². The number of rotatable bonds is 3. The predicted molar refractivity (Wildman–Crippen MR) is 97.1 cm³/mol. The molecule has 0 aliphatic rings. The molecule has 0 amide bonds. The Hall–Kier alpha value is -0.980. The first-order valence-electron chi connectivity index (χ1n) is 6.15. The molecular weight excluding hydrogens is 358 g/mol. The zero-order valence-electron chi connectivity index (χ0n) is 10.6. The second-order valence-electron chi connectivity index (χ2n) is 4.27. The molecule has 0 aliphatic carbocycles. The van der Waals surface area contributed by atoms with E-state index in [9.17, 15) is 0 Å². The molecule has 0 N–H and O–H groups in total. The van der Waals surface area contributed by atoms with Crippen LogP contribution in [0.4, 0.5) is 0 Å². The molecule has 0 atom stereocenters. The lowest BCUT2D eigenvalue weighted by Crippen LogP contribution is -1.63. The van der Waals surface area contributed by atoms with Gasteiger partial charge < -0.3 is 0 Å². The molecule has 4 heterocycles. The minimum atomic E-state index is 0.816. The molecule has 4 aromatic heterocycles. The molecule has 0 saturated carbocycles. The van der Waals surface area contributed by atoms with Gasteiger partial charge in [-0.2, -0.15) is 0 Å². The fourth-order valence-electron chi connectivity index (χ4n) is 1.95. The Bertz CT molecular complexity index is 869. The number of aromatic nitrogens is 1. The van der Waals surface area contributed by atoms with Crippen LogP contribution in [-0.4, -0.2) is 4.98 Å². The van der Waals surface area contributed by atoms with E-state index in [1.807, 2.05) is 12.3 Å². The molecule has 0 spiro atoms. The fraction of sp³-hybridized carbons (Fsp3) is 0. The molecule has 0 fully saturated rings. The van der Waals surface area contributed by atoms with Gasteiger partial charge >= 0.3 is 0 Å². The lowest BCUT2D eigenvalue weighted by Gasteiger charge is -1.90. The molecule has 4 aromatic rings. The standard InChI is InChI=1S/C15H8ClNS4/c16-14-6-5-11(20-14)13-8-17-15(21-13)12-4-3-10(19-12)9-2-1-7-18-9/h1-8H. The summed E-state index contributed by atoms with van der Waals surface area (Å²) in [6, 6.07) is 12.6. The second kappa shape index (κ2) is 5.66. The van der Waals surface area contributed by atoms with Crippen molar-refractivity contribution in [3.63, 3.8) is 0 Å². The van der Waals surface area contributed by atoms with Crippen molar-refractivity contribution in [2.24, 2.45) is 0 Å². The van der Waals surface area contributed by atoms with Gasteiger partial charge in [0.25, 0.3) is 0 Å². The number of halogens is 1. The van der Waals surface area contributed by atoms with Crippen molar-refractivity contribution in [1.82, 2.24) is 4.98 Å². The number of hydrogen-bond donors (Lipinski definition) is 0. The van der Waals surface area contributed by atoms with Gasteiger partial charge in [-0.05, 0) is 35.7 Å². The molecule has 21 heavy (non-hydrogen) atoms. The molecule has 0 radical (unpaired) electrons. The van der Waals surface area contributed by atoms with E-state index in [2.05, 4.69) is 40.7 Å². The van der Waals surface area contributed by atoms with Crippen molar-refractivity contribution in [3.05, 3.63) is 52.3 Å². The van der Waals surface area contributed by atoms with Crippen molar-refractivity contribution >= 4 is 56.9 Å². The third-order valence-corrected chi connectivity index (χ3v) is 7.65.